The number of hydrogen-bond acceptors (Lipinski definition) is 12. The summed E-state index contributed by atoms with van der Waals surface area (Å²) in [5, 5.41) is 55.2. The number of allylic oxidation sites excluding steroid dienone is 5. The molecule has 5 heterocycles. The Hall–Kier alpha value is -14.6. The Morgan fingerprint density at radius 2 is 0.625 bits per heavy atom. The highest BCUT2D eigenvalue weighted by molar-refractivity contribution is 6.30. The van der Waals surface area contributed by atoms with Crippen LogP contribution in [0.2, 0.25) is 5.02 Å². The van der Waals surface area contributed by atoms with Crippen LogP contribution in [-0.2, 0) is 45.3 Å². The maximum absolute atomic E-state index is 14.1. The fourth-order valence-electron chi connectivity index (χ4n) is 15.2. The van der Waals surface area contributed by atoms with E-state index >= 15 is 0 Å². The van der Waals surface area contributed by atoms with Gasteiger partial charge in [-0.15, -0.1) is 0 Å². The number of aryl methyl sites for hydroxylation is 4. The SMILES string of the molecule is Cc1ccc(-c2cc(/C=C3\Cc4ccccc4C3=O)[nH]n2)cc1C.Cc1ccc2c(c1)C/C(=C\c1cc(-c3ccc(CO)cc3)n[nH]1)C2=O.Cc1ccc2c(c1)C/C(=C\c1cc(-c3ccccc3)n[nH]1)C2=O.O=C1/C(=C/c2cc(-c3ccc(CO)cc3F)n[nH]2)Cc2ccccc21.O=C1/C(=C/c2cc(-c3ccc(Cl)cc3)n[nH]2)Cc2ccccc21. The quantitative estimate of drug-likeness (QED) is 0.0563. The van der Waals surface area contributed by atoms with Crippen LogP contribution in [0.3, 0.4) is 0 Å². The molecule has 120 heavy (non-hydrogen) atoms. The average Bonchev–Trinajstić information content (AvgIpc) is 1.66. The van der Waals surface area contributed by atoms with Crippen LogP contribution in [0.5, 0.6) is 0 Å². The lowest BCUT2D eigenvalue weighted by Gasteiger charge is -2.01. The number of rotatable bonds is 12. The van der Waals surface area contributed by atoms with Gasteiger partial charge in [-0.05, 0) is 169 Å². The van der Waals surface area contributed by atoms with E-state index < -0.39 is 5.82 Å². The van der Waals surface area contributed by atoms with Gasteiger partial charge in [0.25, 0.3) is 0 Å². The molecule has 5 aromatic heterocycles. The summed E-state index contributed by atoms with van der Waals surface area (Å²) in [6, 6.07) is 80.6. The highest BCUT2D eigenvalue weighted by Crippen LogP contribution is 2.36. The average molecular weight is 1600 g/mol. The van der Waals surface area contributed by atoms with E-state index in [0.717, 1.165) is 151 Å². The van der Waals surface area contributed by atoms with Crippen molar-refractivity contribution >= 4 is 70.9 Å². The van der Waals surface area contributed by atoms with Gasteiger partial charge in [0, 0.05) is 121 Å². The minimum atomic E-state index is -0.443. The number of nitrogens with one attached hydrogen (secondary N) is 5. The standard InChI is InChI=1S/C21H18N2O2.C21H18N2O.C20H15FN2O2.C20H16N2O.C19H13ClN2O/c1-13-2-7-19-16(8-13)9-17(21(19)25)10-18-11-20(23-22-18)15-5-3-14(12-24)4-6-15;1-13-7-8-16(9-14(13)2)20-12-18(22-23-20)11-17-10-15-5-3-4-6-19(15)21(17)24;21-18-7-12(11-24)5-6-17(18)19-10-15(22-23-19)9-14-8-13-3-1-2-4-16(13)20(14)25;1-13-7-8-18-15(9-13)10-16(20(18)23)11-17-12-19(22-21-17)14-5-3-2-4-6-14;20-15-7-5-12(6-8-15)18-11-16(21-22-18)10-14-9-13-3-1-2-4-17(13)19(14)23/h2-8,10-11,24H,9,12H2,1H3,(H,22,23);3-9,11-12H,10H2,1-2H3,(H,22,23);1-7,9-10,24H,8,11H2,(H,22,23);2-9,11-12H,10H2,1H3,(H,21,22);1-8,10-11H,9H2,(H,21,22)/b17-10+;17-11+;14-9+;16-11+;14-10+. The van der Waals surface area contributed by atoms with E-state index in [1.54, 1.807) is 24.3 Å². The molecule has 5 aliphatic carbocycles. The number of aliphatic hydroxyl groups is 2. The monoisotopic (exact) mass is 1600 g/mol. The number of H-pyrrole nitrogens is 5. The van der Waals surface area contributed by atoms with Gasteiger partial charge in [-0.3, -0.25) is 49.5 Å². The zero-order valence-corrected chi connectivity index (χ0v) is 66.8. The number of aliphatic hydroxyl groups excluding tert-OH is 2. The van der Waals surface area contributed by atoms with Gasteiger partial charge in [-0.2, -0.15) is 25.5 Å². The van der Waals surface area contributed by atoms with Crippen LogP contribution in [0.4, 0.5) is 4.39 Å². The van der Waals surface area contributed by atoms with Crippen molar-refractivity contribution in [3.05, 3.63) is 411 Å². The van der Waals surface area contributed by atoms with Crippen LogP contribution in [-0.4, -0.2) is 90.1 Å². The van der Waals surface area contributed by atoms with Crippen LogP contribution in [0.15, 0.2) is 283 Å². The number of Topliss-reactive ketones (excluding diaryl/α,β-unsaturated/α-hetero) is 5. The van der Waals surface area contributed by atoms with Gasteiger partial charge in [0.15, 0.2) is 28.9 Å². The predicted molar refractivity (Wildman–Crippen MR) is 468 cm³/mol. The minimum Gasteiger partial charge on any atom is -0.392 e. The molecule has 0 spiro atoms. The first-order valence-corrected chi connectivity index (χ1v) is 39.6. The fourth-order valence-corrected chi connectivity index (χ4v) is 15.4. The molecule has 10 aromatic carbocycles. The Bertz CT molecular complexity index is 6670. The minimum absolute atomic E-state index is 0.0187. The van der Waals surface area contributed by atoms with Gasteiger partial charge in [0.05, 0.1) is 70.2 Å². The molecule has 0 saturated heterocycles. The molecule has 20 rings (SSSR count). The fraction of sp³-hybridized carbons (Fsp3) is 0.109. The number of hydrogen-bond donors (Lipinski definition) is 7. The second kappa shape index (κ2) is 35.1. The maximum atomic E-state index is 14.1. The number of fused-ring (bicyclic) bond motifs is 5. The van der Waals surface area contributed by atoms with Crippen molar-refractivity contribution < 1.29 is 38.6 Å². The van der Waals surface area contributed by atoms with Crippen molar-refractivity contribution in [2.24, 2.45) is 0 Å². The van der Waals surface area contributed by atoms with Crippen molar-refractivity contribution in [2.75, 3.05) is 0 Å². The number of halogens is 2. The molecule has 0 unspecified atom stereocenters. The van der Waals surface area contributed by atoms with Gasteiger partial charge in [-0.25, -0.2) is 4.39 Å². The highest BCUT2D eigenvalue weighted by atomic mass is 35.5. The summed E-state index contributed by atoms with van der Waals surface area (Å²) in [5.74, 6) is 0.0114. The molecular formula is C101H80ClFN10O7. The van der Waals surface area contributed by atoms with E-state index in [1.165, 1.54) is 28.3 Å². The highest BCUT2D eigenvalue weighted by Gasteiger charge is 2.30. The second-order valence-corrected chi connectivity index (χ2v) is 30.6. The number of carbonyl (C=O) groups is 5. The van der Waals surface area contributed by atoms with Crippen LogP contribution >= 0.6 is 11.6 Å². The summed E-state index contributed by atoms with van der Waals surface area (Å²) in [6.07, 6.45) is 12.7. The third kappa shape index (κ3) is 17.7. The van der Waals surface area contributed by atoms with Gasteiger partial charge in [0.1, 0.15) is 5.82 Å². The van der Waals surface area contributed by atoms with Crippen molar-refractivity contribution in [3.8, 4) is 56.3 Å². The van der Waals surface area contributed by atoms with Gasteiger partial charge in [0.2, 0.25) is 0 Å². The molecule has 0 saturated carbocycles. The van der Waals surface area contributed by atoms with Gasteiger partial charge < -0.3 is 10.2 Å². The lowest BCUT2D eigenvalue weighted by molar-refractivity contribution is 0.103. The van der Waals surface area contributed by atoms with E-state index in [9.17, 15) is 28.4 Å². The molecule has 0 radical (unpaired) electrons. The Morgan fingerprint density at radius 3 is 1.01 bits per heavy atom. The molecule has 0 aliphatic heterocycles. The van der Waals surface area contributed by atoms with Gasteiger partial charge >= 0.3 is 0 Å². The third-order valence-electron chi connectivity index (χ3n) is 21.7. The van der Waals surface area contributed by atoms with E-state index in [4.69, 9.17) is 21.8 Å². The van der Waals surface area contributed by atoms with Crippen LogP contribution in [0.25, 0.3) is 86.7 Å². The van der Waals surface area contributed by atoms with Crippen molar-refractivity contribution in [3.63, 3.8) is 0 Å². The second-order valence-electron chi connectivity index (χ2n) is 30.2. The zero-order chi connectivity index (χ0) is 83.1. The number of aromatic amines is 5. The maximum Gasteiger partial charge on any atom is 0.189 e. The Kier molecular flexibility index (Phi) is 23.2. The Balaban J connectivity index is 0.000000112. The number of aromatic nitrogens is 10. The summed E-state index contributed by atoms with van der Waals surface area (Å²) in [6.45, 7) is 8.10. The molecule has 15 aromatic rings. The van der Waals surface area contributed by atoms with Gasteiger partial charge in [-0.1, -0.05) is 217 Å². The van der Waals surface area contributed by atoms with Crippen LogP contribution < -0.4 is 0 Å². The topological polar surface area (TPSA) is 269 Å². The first kappa shape index (κ1) is 79.3. The van der Waals surface area contributed by atoms with E-state index in [2.05, 4.69) is 95.2 Å². The molecule has 0 bridgehead atoms. The summed E-state index contributed by atoms with van der Waals surface area (Å²) < 4.78 is 14.1. The smallest absolute Gasteiger partial charge is 0.189 e. The van der Waals surface area contributed by atoms with Crippen molar-refractivity contribution in [1.29, 1.82) is 0 Å². The summed E-state index contributed by atoms with van der Waals surface area (Å²) >= 11 is 5.90. The predicted octanol–water partition coefficient (Wildman–Crippen LogP) is 20.5. The summed E-state index contributed by atoms with van der Waals surface area (Å²) in [7, 11) is 0. The molecular weight excluding hydrogens is 1520 g/mol. The molecule has 0 amide bonds. The molecule has 19 heteroatoms. The van der Waals surface area contributed by atoms with Crippen LogP contribution in [0.1, 0.15) is 141 Å². The zero-order valence-electron chi connectivity index (χ0n) is 66.0. The molecule has 0 atom stereocenters. The van der Waals surface area contributed by atoms with Crippen LogP contribution in [0, 0.1) is 33.5 Å². The normalized spacial score (nSPS) is 15.1. The lowest BCUT2D eigenvalue weighted by Crippen LogP contribution is -1.95. The third-order valence-corrected chi connectivity index (χ3v) is 22.0. The summed E-state index contributed by atoms with van der Waals surface area (Å²) in [4.78, 5) is 62.3. The first-order valence-electron chi connectivity index (χ1n) is 39.3. The lowest BCUT2D eigenvalue weighted by atomic mass is 10.0. The molecule has 5 aliphatic rings. The summed E-state index contributed by atoms with van der Waals surface area (Å²) in [5.41, 5.74) is 31.9. The number of nitrogens with zero attached hydrogens (tertiary/aromatic N) is 5. The molecule has 7 N–H and O–H groups in total. The van der Waals surface area contributed by atoms with Crippen molar-refractivity contribution in [1.82, 2.24) is 51.0 Å². The largest absolute Gasteiger partial charge is 0.392 e. The van der Waals surface area contributed by atoms with E-state index in [1.807, 2.05) is 238 Å². The molecule has 0 fully saturated rings. The Labute approximate surface area is 696 Å². The van der Waals surface area contributed by atoms with E-state index in [0.29, 0.717) is 65.2 Å². The van der Waals surface area contributed by atoms with Crippen molar-refractivity contribution in [2.45, 2.75) is 73.0 Å². The number of ketones is 5. The first-order chi connectivity index (χ1) is 58.3. The van der Waals surface area contributed by atoms with E-state index in [-0.39, 0.29) is 42.1 Å². The molecule has 17 nitrogen and oxygen atoms in total. The molecule has 590 valence electrons. The number of carbonyl (C=O) groups excluding carboxylic acids is 5. The Morgan fingerprint density at radius 1 is 0.308 bits per heavy atom. The number of benzene rings is 10.